The number of oxazole rings is 1. The summed E-state index contributed by atoms with van der Waals surface area (Å²) < 4.78 is 6.39. The van der Waals surface area contributed by atoms with E-state index in [1.54, 1.807) is 49.5 Å². The molecule has 1 heterocycles. The first-order valence-electron chi connectivity index (χ1n) is 7.27. The van der Waals surface area contributed by atoms with Gasteiger partial charge >= 0.3 is 5.76 Å². The van der Waals surface area contributed by atoms with Gasteiger partial charge in [-0.3, -0.25) is 9.36 Å². The average Bonchev–Trinajstić information content (AvgIpc) is 2.82. The number of hydrogen-bond donors (Lipinski definition) is 2. The molecule has 0 aliphatic rings. The summed E-state index contributed by atoms with van der Waals surface area (Å²) in [5, 5.41) is 13.4. The fraction of sp³-hybridized carbons (Fsp3) is 0.176. The number of aliphatic hydroxyl groups is 1. The predicted molar refractivity (Wildman–Crippen MR) is 91.1 cm³/mol. The minimum absolute atomic E-state index is 0.0933. The van der Waals surface area contributed by atoms with Crippen LogP contribution in [0.4, 0.5) is 5.69 Å². The van der Waals surface area contributed by atoms with Gasteiger partial charge in [-0.1, -0.05) is 23.7 Å². The lowest BCUT2D eigenvalue weighted by molar-refractivity contribution is -0.118. The maximum Gasteiger partial charge on any atom is 0.419 e. The van der Waals surface area contributed by atoms with Gasteiger partial charge in [0.15, 0.2) is 5.58 Å². The molecule has 1 unspecified atom stereocenters. The van der Waals surface area contributed by atoms with Gasteiger partial charge in [-0.25, -0.2) is 4.79 Å². The van der Waals surface area contributed by atoms with Crippen LogP contribution in [0.5, 0.6) is 0 Å². The molecule has 0 spiro atoms. The fourth-order valence-corrected chi connectivity index (χ4v) is 2.52. The van der Waals surface area contributed by atoms with Gasteiger partial charge in [0.05, 0.1) is 18.0 Å². The van der Waals surface area contributed by atoms with Crippen LogP contribution in [-0.4, -0.2) is 15.6 Å². The summed E-state index contributed by atoms with van der Waals surface area (Å²) in [4.78, 5) is 23.6. The second-order valence-corrected chi connectivity index (χ2v) is 5.87. The average molecular weight is 347 g/mol. The summed E-state index contributed by atoms with van der Waals surface area (Å²) >= 11 is 5.80. The summed E-state index contributed by atoms with van der Waals surface area (Å²) in [6.45, 7) is 0. The molecule has 0 radical (unpaired) electrons. The number of halogens is 1. The highest BCUT2D eigenvalue weighted by atomic mass is 35.5. The van der Waals surface area contributed by atoms with Crippen LogP contribution in [0, 0.1) is 0 Å². The molecule has 6 nitrogen and oxygen atoms in total. The second kappa shape index (κ2) is 6.51. The Labute approximate surface area is 142 Å². The first-order valence-corrected chi connectivity index (χ1v) is 7.65. The molecular formula is C17H15ClN2O4. The van der Waals surface area contributed by atoms with E-state index in [4.69, 9.17) is 16.0 Å². The summed E-state index contributed by atoms with van der Waals surface area (Å²) in [5.41, 5.74) is 2.16. The summed E-state index contributed by atoms with van der Waals surface area (Å²) in [6, 6.07) is 11.6. The molecule has 2 aromatic carbocycles. The van der Waals surface area contributed by atoms with Crippen molar-refractivity contribution in [1.82, 2.24) is 4.57 Å². The van der Waals surface area contributed by atoms with Crippen LogP contribution in [-0.2, 0) is 11.8 Å². The number of aliphatic hydroxyl groups excluding tert-OH is 1. The molecule has 1 atom stereocenters. The number of nitrogens with zero attached hydrogens (tertiary/aromatic N) is 1. The van der Waals surface area contributed by atoms with E-state index >= 15 is 0 Å². The van der Waals surface area contributed by atoms with E-state index in [2.05, 4.69) is 5.32 Å². The van der Waals surface area contributed by atoms with Crippen molar-refractivity contribution in [3.05, 3.63) is 63.6 Å². The Balaban J connectivity index is 1.71. The molecule has 0 aliphatic carbocycles. The Bertz CT molecular complexity index is 943. The lowest BCUT2D eigenvalue weighted by Gasteiger charge is -2.11. The standard InChI is InChI=1S/C17H15ClN2O4/c1-20-13-8-12(6-7-15(13)24-17(20)23)19-16(22)9-14(21)10-2-4-11(18)5-3-10/h2-8,14,21H,9H2,1H3,(H,19,22). The van der Waals surface area contributed by atoms with Crippen molar-refractivity contribution in [3.63, 3.8) is 0 Å². The normalized spacial score (nSPS) is 12.3. The third kappa shape index (κ3) is 3.34. The largest absolute Gasteiger partial charge is 0.419 e. The highest BCUT2D eigenvalue weighted by Crippen LogP contribution is 2.21. The van der Waals surface area contributed by atoms with Crippen LogP contribution < -0.4 is 11.1 Å². The number of aromatic nitrogens is 1. The second-order valence-electron chi connectivity index (χ2n) is 5.43. The van der Waals surface area contributed by atoms with E-state index in [9.17, 15) is 14.7 Å². The van der Waals surface area contributed by atoms with Gasteiger partial charge in [-0.05, 0) is 35.9 Å². The van der Waals surface area contributed by atoms with Gasteiger partial charge in [-0.15, -0.1) is 0 Å². The van der Waals surface area contributed by atoms with Gasteiger partial charge in [0.2, 0.25) is 5.91 Å². The molecular weight excluding hydrogens is 332 g/mol. The van der Waals surface area contributed by atoms with E-state index in [1.807, 2.05) is 0 Å². The van der Waals surface area contributed by atoms with Gasteiger partial charge < -0.3 is 14.8 Å². The summed E-state index contributed by atoms with van der Waals surface area (Å²) in [5.74, 6) is -0.808. The maximum atomic E-state index is 12.1. The van der Waals surface area contributed by atoms with Crippen molar-refractivity contribution >= 4 is 34.3 Å². The van der Waals surface area contributed by atoms with Crippen LogP contribution in [0.15, 0.2) is 51.7 Å². The molecule has 7 heteroatoms. The first kappa shape index (κ1) is 16.3. The van der Waals surface area contributed by atoms with Crippen molar-refractivity contribution in [3.8, 4) is 0 Å². The Morgan fingerprint density at radius 1 is 1.29 bits per heavy atom. The Hall–Kier alpha value is -2.57. The number of benzene rings is 2. The number of fused-ring (bicyclic) bond motifs is 1. The molecule has 0 fully saturated rings. The van der Waals surface area contributed by atoms with Crippen molar-refractivity contribution in [2.24, 2.45) is 7.05 Å². The highest BCUT2D eigenvalue weighted by Gasteiger charge is 2.14. The summed E-state index contributed by atoms with van der Waals surface area (Å²) in [7, 11) is 1.59. The fourth-order valence-electron chi connectivity index (χ4n) is 2.39. The molecule has 0 saturated carbocycles. The monoisotopic (exact) mass is 346 g/mol. The molecule has 1 amide bonds. The van der Waals surface area contributed by atoms with E-state index < -0.39 is 11.9 Å². The summed E-state index contributed by atoms with van der Waals surface area (Å²) in [6.07, 6.45) is -1.02. The smallest absolute Gasteiger partial charge is 0.408 e. The Morgan fingerprint density at radius 2 is 2.00 bits per heavy atom. The van der Waals surface area contributed by atoms with Crippen molar-refractivity contribution in [2.45, 2.75) is 12.5 Å². The maximum absolute atomic E-state index is 12.1. The van der Waals surface area contributed by atoms with Crippen LogP contribution in [0.2, 0.25) is 5.02 Å². The van der Waals surface area contributed by atoms with Crippen LogP contribution in [0.25, 0.3) is 11.1 Å². The quantitative estimate of drug-likeness (QED) is 0.760. The molecule has 0 saturated heterocycles. The zero-order valence-electron chi connectivity index (χ0n) is 12.8. The number of anilines is 1. The minimum atomic E-state index is -0.927. The molecule has 0 bridgehead atoms. The van der Waals surface area contributed by atoms with E-state index in [0.717, 1.165) is 0 Å². The molecule has 2 N–H and O–H groups in total. The Kier molecular flexibility index (Phi) is 4.42. The number of aryl methyl sites for hydroxylation is 1. The van der Waals surface area contributed by atoms with E-state index in [0.29, 0.717) is 27.4 Å². The zero-order valence-corrected chi connectivity index (χ0v) is 13.6. The number of amides is 1. The van der Waals surface area contributed by atoms with Crippen LogP contribution in [0.3, 0.4) is 0 Å². The highest BCUT2D eigenvalue weighted by molar-refractivity contribution is 6.30. The van der Waals surface area contributed by atoms with Gasteiger partial charge in [0, 0.05) is 17.8 Å². The first-order chi connectivity index (χ1) is 11.4. The predicted octanol–water partition coefficient (Wildman–Crippen LogP) is 2.85. The lowest BCUT2D eigenvalue weighted by atomic mass is 10.1. The van der Waals surface area contributed by atoms with Gasteiger partial charge in [0.1, 0.15) is 0 Å². The molecule has 24 heavy (non-hydrogen) atoms. The number of rotatable bonds is 4. The van der Waals surface area contributed by atoms with E-state index in [-0.39, 0.29) is 12.3 Å². The molecule has 124 valence electrons. The molecule has 1 aromatic heterocycles. The molecule has 0 aliphatic heterocycles. The molecule has 3 aromatic rings. The number of nitrogens with one attached hydrogen (secondary N) is 1. The topological polar surface area (TPSA) is 84.5 Å². The van der Waals surface area contributed by atoms with Gasteiger partial charge in [0.25, 0.3) is 0 Å². The molecule has 3 rings (SSSR count). The van der Waals surface area contributed by atoms with Gasteiger partial charge in [-0.2, -0.15) is 0 Å². The number of hydrogen-bond acceptors (Lipinski definition) is 4. The van der Waals surface area contributed by atoms with Crippen molar-refractivity contribution < 1.29 is 14.3 Å². The Morgan fingerprint density at radius 3 is 2.71 bits per heavy atom. The van der Waals surface area contributed by atoms with Crippen molar-refractivity contribution in [1.29, 1.82) is 0 Å². The van der Waals surface area contributed by atoms with Crippen LogP contribution >= 0.6 is 11.6 Å². The van der Waals surface area contributed by atoms with E-state index in [1.165, 1.54) is 4.57 Å². The zero-order chi connectivity index (χ0) is 17.3. The lowest BCUT2D eigenvalue weighted by Crippen LogP contribution is -2.15. The third-order valence-corrected chi connectivity index (χ3v) is 3.96. The number of carbonyl (C=O) groups excluding carboxylic acids is 1. The third-order valence-electron chi connectivity index (χ3n) is 3.71. The minimum Gasteiger partial charge on any atom is -0.408 e. The number of carbonyl (C=O) groups is 1. The van der Waals surface area contributed by atoms with Crippen molar-refractivity contribution in [2.75, 3.05) is 5.32 Å². The van der Waals surface area contributed by atoms with Crippen LogP contribution in [0.1, 0.15) is 18.1 Å². The SMILES string of the molecule is Cn1c(=O)oc2ccc(NC(=O)CC(O)c3ccc(Cl)cc3)cc21.